The average molecular weight is 340 g/mol. The van der Waals surface area contributed by atoms with Crippen molar-refractivity contribution >= 4 is 5.71 Å². The zero-order valence-corrected chi connectivity index (χ0v) is 14.5. The van der Waals surface area contributed by atoms with Crippen molar-refractivity contribution in [2.45, 2.75) is 38.9 Å². The van der Waals surface area contributed by atoms with Crippen LogP contribution in [0.3, 0.4) is 0 Å². The Bertz CT molecular complexity index is 710. The molecule has 0 bridgehead atoms. The lowest BCUT2D eigenvalue weighted by molar-refractivity contribution is -0.161. The molecule has 1 N–H and O–H groups in total. The molecule has 1 aliphatic rings. The van der Waals surface area contributed by atoms with Gasteiger partial charge in [0.15, 0.2) is 6.29 Å². The lowest BCUT2D eigenvalue weighted by Crippen LogP contribution is -2.23. The minimum Gasteiger partial charge on any atom is -0.411 e. The molecule has 0 aliphatic carbocycles. The number of hydrogen-bond acceptors (Lipinski definition) is 5. The van der Waals surface area contributed by atoms with Crippen molar-refractivity contribution in [3.63, 3.8) is 0 Å². The topological polar surface area (TPSA) is 63.9 Å². The van der Waals surface area contributed by atoms with E-state index in [-0.39, 0.29) is 6.29 Å². The highest BCUT2D eigenvalue weighted by molar-refractivity contribution is 6.00. The number of pyridine rings is 1. The summed E-state index contributed by atoms with van der Waals surface area (Å²) in [5.74, 6) is 0. The smallest absolute Gasteiger partial charge is 0.157 e. The number of nitrogens with zero attached hydrogens (tertiary/aromatic N) is 2. The predicted octanol–water partition coefficient (Wildman–Crippen LogP) is 4.03. The Morgan fingerprint density at radius 3 is 2.96 bits per heavy atom. The predicted molar refractivity (Wildman–Crippen MR) is 96.9 cm³/mol. The fourth-order valence-corrected chi connectivity index (χ4v) is 3.06. The van der Waals surface area contributed by atoms with Crippen LogP contribution in [0.15, 0.2) is 47.9 Å². The van der Waals surface area contributed by atoms with Crippen molar-refractivity contribution in [3.05, 3.63) is 53.9 Å². The maximum Gasteiger partial charge on any atom is 0.157 e. The Hall–Kier alpha value is -2.24. The highest BCUT2D eigenvalue weighted by Crippen LogP contribution is 2.23. The molecule has 1 atom stereocenters. The Balaban J connectivity index is 1.76. The fraction of sp³-hybridized carbons (Fsp3) is 0.400. The minimum atomic E-state index is -0.0914. The molecule has 3 rings (SSSR count). The second-order valence-corrected chi connectivity index (χ2v) is 6.22. The molecule has 132 valence electrons. The van der Waals surface area contributed by atoms with Gasteiger partial charge in [0.25, 0.3) is 0 Å². The van der Waals surface area contributed by atoms with E-state index in [2.05, 4.69) is 16.2 Å². The van der Waals surface area contributed by atoms with Gasteiger partial charge in [0.05, 0.1) is 12.3 Å². The van der Waals surface area contributed by atoms with E-state index in [1.54, 1.807) is 13.1 Å². The second-order valence-electron chi connectivity index (χ2n) is 6.22. The Labute approximate surface area is 148 Å². The van der Waals surface area contributed by atoms with E-state index in [0.717, 1.165) is 54.5 Å². The summed E-state index contributed by atoms with van der Waals surface area (Å²) in [6.45, 7) is 3.16. The third-order valence-corrected chi connectivity index (χ3v) is 4.45. The summed E-state index contributed by atoms with van der Waals surface area (Å²) in [6, 6.07) is 10.1. The number of ether oxygens (including phenoxy) is 2. The van der Waals surface area contributed by atoms with Gasteiger partial charge in [-0.25, -0.2) is 0 Å². The number of oxime groups is 1. The third-order valence-electron chi connectivity index (χ3n) is 4.45. The summed E-state index contributed by atoms with van der Waals surface area (Å²) in [4.78, 5) is 4.18. The molecule has 0 spiro atoms. The maximum absolute atomic E-state index is 9.15. The van der Waals surface area contributed by atoms with E-state index in [4.69, 9.17) is 14.7 Å². The van der Waals surface area contributed by atoms with Crippen LogP contribution < -0.4 is 0 Å². The average Bonchev–Trinajstić information content (AvgIpc) is 2.69. The van der Waals surface area contributed by atoms with Crippen molar-refractivity contribution in [2.75, 3.05) is 13.2 Å². The quantitative estimate of drug-likeness (QED) is 0.490. The molecule has 0 amide bonds. The summed E-state index contributed by atoms with van der Waals surface area (Å²) in [5, 5.41) is 12.5. The monoisotopic (exact) mass is 340 g/mol. The number of rotatable bonds is 6. The fourth-order valence-electron chi connectivity index (χ4n) is 3.06. The van der Waals surface area contributed by atoms with Crippen molar-refractivity contribution in [1.29, 1.82) is 0 Å². The van der Waals surface area contributed by atoms with Gasteiger partial charge in [-0.1, -0.05) is 29.4 Å². The van der Waals surface area contributed by atoms with Crippen LogP contribution in [0.25, 0.3) is 11.1 Å². The van der Waals surface area contributed by atoms with E-state index < -0.39 is 0 Å². The van der Waals surface area contributed by atoms with Gasteiger partial charge in [-0.3, -0.25) is 4.98 Å². The van der Waals surface area contributed by atoms with Crippen LogP contribution in [-0.2, 0) is 15.9 Å². The van der Waals surface area contributed by atoms with Crippen molar-refractivity contribution in [3.8, 4) is 11.1 Å². The minimum absolute atomic E-state index is 0.0914. The molecule has 5 nitrogen and oxygen atoms in total. The first-order valence-electron chi connectivity index (χ1n) is 8.73. The first kappa shape index (κ1) is 17.6. The molecule has 0 radical (unpaired) electrons. The molecule has 1 aromatic carbocycles. The summed E-state index contributed by atoms with van der Waals surface area (Å²) in [5.41, 5.74) is 4.77. The van der Waals surface area contributed by atoms with Gasteiger partial charge >= 0.3 is 0 Å². The molecular weight excluding hydrogens is 316 g/mol. The van der Waals surface area contributed by atoms with Crippen LogP contribution in [0.5, 0.6) is 0 Å². The Morgan fingerprint density at radius 2 is 2.24 bits per heavy atom. The Kier molecular flexibility index (Phi) is 6.14. The van der Waals surface area contributed by atoms with Crippen molar-refractivity contribution in [1.82, 2.24) is 4.98 Å². The van der Waals surface area contributed by atoms with Gasteiger partial charge in [0, 0.05) is 24.6 Å². The molecule has 1 saturated heterocycles. The molecular formula is C20H24N2O3. The van der Waals surface area contributed by atoms with Gasteiger partial charge in [0.2, 0.25) is 0 Å². The van der Waals surface area contributed by atoms with E-state index in [9.17, 15) is 0 Å². The van der Waals surface area contributed by atoms with Crippen molar-refractivity contribution < 1.29 is 14.7 Å². The molecule has 1 aliphatic heterocycles. The van der Waals surface area contributed by atoms with Crippen LogP contribution >= 0.6 is 0 Å². The van der Waals surface area contributed by atoms with Crippen LogP contribution in [0.1, 0.15) is 37.3 Å². The summed E-state index contributed by atoms with van der Waals surface area (Å²) < 4.78 is 11.5. The molecule has 2 aromatic rings. The van der Waals surface area contributed by atoms with Gasteiger partial charge in [-0.05, 0) is 55.4 Å². The van der Waals surface area contributed by atoms with Crippen LogP contribution in [0, 0.1) is 0 Å². The van der Waals surface area contributed by atoms with Crippen molar-refractivity contribution in [2.24, 2.45) is 5.16 Å². The van der Waals surface area contributed by atoms with Gasteiger partial charge < -0.3 is 14.7 Å². The number of benzene rings is 1. The van der Waals surface area contributed by atoms with E-state index in [1.165, 1.54) is 0 Å². The largest absolute Gasteiger partial charge is 0.411 e. The van der Waals surface area contributed by atoms with Crippen LogP contribution in [-0.4, -0.2) is 35.4 Å². The zero-order valence-electron chi connectivity index (χ0n) is 14.5. The highest BCUT2D eigenvalue weighted by atomic mass is 16.7. The van der Waals surface area contributed by atoms with Gasteiger partial charge in [-0.2, -0.15) is 0 Å². The molecule has 1 aromatic heterocycles. The number of hydrogen-bond donors (Lipinski definition) is 1. The van der Waals surface area contributed by atoms with Gasteiger partial charge in [0.1, 0.15) is 0 Å². The molecule has 5 heteroatoms. The van der Waals surface area contributed by atoms with E-state index in [0.29, 0.717) is 12.3 Å². The zero-order chi connectivity index (χ0) is 17.5. The SMILES string of the molecule is CC(=NO)c1ccc(-c2cccnc2)cc1CCOC1CCCCO1. The summed E-state index contributed by atoms with van der Waals surface area (Å²) >= 11 is 0. The van der Waals surface area contributed by atoms with E-state index >= 15 is 0 Å². The standard InChI is InChI=1S/C20H24N2O3/c1-15(22-23)19-8-7-16(18-5-4-10-21-14-18)13-17(19)9-12-25-20-6-2-3-11-24-20/h4-5,7-8,10,13-14,20,23H,2-3,6,9,11-12H2,1H3. The first-order chi connectivity index (χ1) is 12.3. The number of aromatic nitrogens is 1. The summed E-state index contributed by atoms with van der Waals surface area (Å²) in [7, 11) is 0. The molecule has 25 heavy (non-hydrogen) atoms. The normalized spacial score (nSPS) is 18.3. The first-order valence-corrected chi connectivity index (χ1v) is 8.73. The summed E-state index contributed by atoms with van der Waals surface area (Å²) in [6.07, 6.45) is 7.48. The lowest BCUT2D eigenvalue weighted by atomic mass is 9.96. The highest BCUT2D eigenvalue weighted by Gasteiger charge is 2.15. The second kappa shape index (κ2) is 8.74. The molecule has 0 saturated carbocycles. The van der Waals surface area contributed by atoms with E-state index in [1.807, 2.05) is 30.5 Å². The van der Waals surface area contributed by atoms with Crippen LogP contribution in [0.4, 0.5) is 0 Å². The molecule has 1 fully saturated rings. The Morgan fingerprint density at radius 1 is 1.32 bits per heavy atom. The molecule has 2 heterocycles. The van der Waals surface area contributed by atoms with Gasteiger partial charge in [-0.15, -0.1) is 0 Å². The van der Waals surface area contributed by atoms with Crippen LogP contribution in [0.2, 0.25) is 0 Å². The third kappa shape index (κ3) is 4.65. The lowest BCUT2D eigenvalue weighted by Gasteiger charge is -2.23. The molecule has 1 unspecified atom stereocenters. The maximum atomic E-state index is 9.15.